The van der Waals surface area contributed by atoms with Crippen LogP contribution in [0.15, 0.2) is 41.1 Å². The SMILES string of the molecule is COc1cccc(C2C(Nc3ncc(Br)cn3)CCN2C2CC2)c1. The van der Waals surface area contributed by atoms with Crippen molar-refractivity contribution in [3.8, 4) is 5.75 Å². The summed E-state index contributed by atoms with van der Waals surface area (Å²) in [6.07, 6.45) is 7.27. The van der Waals surface area contributed by atoms with Gasteiger partial charge in [-0.15, -0.1) is 0 Å². The van der Waals surface area contributed by atoms with E-state index in [4.69, 9.17) is 4.74 Å². The van der Waals surface area contributed by atoms with Crippen molar-refractivity contribution < 1.29 is 4.74 Å². The fourth-order valence-corrected chi connectivity index (χ4v) is 3.79. The molecular weight excluding hydrogens is 368 g/mol. The lowest BCUT2D eigenvalue weighted by molar-refractivity contribution is 0.240. The van der Waals surface area contributed by atoms with E-state index in [1.165, 1.54) is 18.4 Å². The summed E-state index contributed by atoms with van der Waals surface area (Å²) >= 11 is 3.38. The van der Waals surface area contributed by atoms with Crippen LogP contribution in [-0.4, -0.2) is 40.6 Å². The standard InChI is InChI=1S/C18H21BrN4O/c1-24-15-4-2-3-12(9-15)17-16(7-8-23(17)14-5-6-14)22-18-20-10-13(19)11-21-18/h2-4,9-11,14,16-17H,5-8H2,1H3,(H,20,21,22). The highest BCUT2D eigenvalue weighted by atomic mass is 79.9. The molecule has 2 aromatic rings. The largest absolute Gasteiger partial charge is 0.497 e. The average molecular weight is 389 g/mol. The van der Waals surface area contributed by atoms with Gasteiger partial charge in [0, 0.05) is 31.0 Å². The summed E-state index contributed by atoms with van der Waals surface area (Å²) in [5, 5.41) is 3.54. The molecule has 2 atom stereocenters. The van der Waals surface area contributed by atoms with Crippen molar-refractivity contribution in [2.45, 2.75) is 37.4 Å². The van der Waals surface area contributed by atoms with E-state index in [1.807, 2.05) is 6.07 Å². The first-order valence-corrected chi connectivity index (χ1v) is 9.17. The monoisotopic (exact) mass is 388 g/mol. The maximum atomic E-state index is 5.42. The molecule has 0 spiro atoms. The maximum absolute atomic E-state index is 5.42. The molecule has 4 rings (SSSR count). The zero-order valence-corrected chi connectivity index (χ0v) is 15.2. The van der Waals surface area contributed by atoms with Gasteiger partial charge in [0.05, 0.1) is 17.6 Å². The van der Waals surface area contributed by atoms with Crippen molar-refractivity contribution in [1.82, 2.24) is 14.9 Å². The third-order valence-electron chi connectivity index (χ3n) is 4.82. The van der Waals surface area contributed by atoms with Crippen molar-refractivity contribution in [3.05, 3.63) is 46.7 Å². The predicted molar refractivity (Wildman–Crippen MR) is 97.2 cm³/mol. The molecule has 1 aromatic carbocycles. The fourth-order valence-electron chi connectivity index (χ4n) is 3.59. The second kappa shape index (κ2) is 6.69. The molecule has 1 aromatic heterocycles. The number of hydrogen-bond donors (Lipinski definition) is 1. The number of likely N-dealkylation sites (tertiary alicyclic amines) is 1. The van der Waals surface area contributed by atoms with Crippen LogP contribution in [0.3, 0.4) is 0 Å². The van der Waals surface area contributed by atoms with E-state index >= 15 is 0 Å². The molecule has 1 aliphatic heterocycles. The number of benzene rings is 1. The first-order valence-electron chi connectivity index (χ1n) is 8.38. The second-order valence-electron chi connectivity index (χ2n) is 6.45. The molecule has 1 saturated heterocycles. The molecule has 24 heavy (non-hydrogen) atoms. The van der Waals surface area contributed by atoms with E-state index in [1.54, 1.807) is 19.5 Å². The van der Waals surface area contributed by atoms with Crippen LogP contribution in [0.25, 0.3) is 0 Å². The Bertz CT molecular complexity index is 704. The minimum atomic E-state index is 0.305. The Morgan fingerprint density at radius 1 is 1.21 bits per heavy atom. The zero-order chi connectivity index (χ0) is 16.5. The van der Waals surface area contributed by atoms with Gasteiger partial charge in [0.25, 0.3) is 0 Å². The number of nitrogens with zero attached hydrogens (tertiary/aromatic N) is 3. The second-order valence-corrected chi connectivity index (χ2v) is 7.37. The molecule has 126 valence electrons. The minimum Gasteiger partial charge on any atom is -0.497 e. The Labute approximate surface area is 150 Å². The Morgan fingerprint density at radius 3 is 2.71 bits per heavy atom. The van der Waals surface area contributed by atoms with Crippen molar-refractivity contribution in [2.75, 3.05) is 19.0 Å². The summed E-state index contributed by atoms with van der Waals surface area (Å²) in [6.45, 7) is 1.11. The van der Waals surface area contributed by atoms with Crippen LogP contribution in [0.4, 0.5) is 5.95 Å². The quantitative estimate of drug-likeness (QED) is 0.846. The van der Waals surface area contributed by atoms with Crippen molar-refractivity contribution in [1.29, 1.82) is 0 Å². The van der Waals surface area contributed by atoms with Crippen molar-refractivity contribution in [2.24, 2.45) is 0 Å². The Hall–Kier alpha value is -1.66. The predicted octanol–water partition coefficient (Wildman–Crippen LogP) is 3.64. The normalized spacial score (nSPS) is 24.1. The summed E-state index contributed by atoms with van der Waals surface area (Å²) in [4.78, 5) is 11.4. The lowest BCUT2D eigenvalue weighted by Gasteiger charge is -2.29. The number of rotatable bonds is 5. The van der Waals surface area contributed by atoms with E-state index in [2.05, 4.69) is 54.3 Å². The highest BCUT2D eigenvalue weighted by molar-refractivity contribution is 9.10. The topological polar surface area (TPSA) is 50.3 Å². The van der Waals surface area contributed by atoms with Crippen LogP contribution in [0.5, 0.6) is 5.75 Å². The molecule has 2 unspecified atom stereocenters. The molecular formula is C18H21BrN4O. The molecule has 0 bridgehead atoms. The van der Waals surface area contributed by atoms with Gasteiger partial charge in [0.15, 0.2) is 0 Å². The third kappa shape index (κ3) is 3.26. The van der Waals surface area contributed by atoms with Gasteiger partial charge in [-0.3, -0.25) is 4.90 Å². The minimum absolute atomic E-state index is 0.305. The van der Waals surface area contributed by atoms with Crippen LogP contribution < -0.4 is 10.1 Å². The van der Waals surface area contributed by atoms with E-state index in [0.29, 0.717) is 18.0 Å². The van der Waals surface area contributed by atoms with Gasteiger partial charge in [0.1, 0.15) is 5.75 Å². The fraction of sp³-hybridized carbons (Fsp3) is 0.444. The lowest BCUT2D eigenvalue weighted by atomic mass is 9.99. The highest BCUT2D eigenvalue weighted by Crippen LogP contribution is 2.42. The molecule has 1 saturated carbocycles. The number of methoxy groups -OCH3 is 1. The number of nitrogens with one attached hydrogen (secondary N) is 1. The lowest BCUT2D eigenvalue weighted by Crippen LogP contribution is -2.33. The smallest absolute Gasteiger partial charge is 0.222 e. The summed E-state index contributed by atoms with van der Waals surface area (Å²) in [5.41, 5.74) is 1.30. The molecule has 2 fully saturated rings. The Balaban J connectivity index is 1.60. The Morgan fingerprint density at radius 2 is 2.00 bits per heavy atom. The van der Waals surface area contributed by atoms with Gasteiger partial charge in [-0.25, -0.2) is 9.97 Å². The molecule has 1 N–H and O–H groups in total. The van der Waals surface area contributed by atoms with E-state index in [0.717, 1.165) is 29.2 Å². The molecule has 0 radical (unpaired) electrons. The number of aromatic nitrogens is 2. The van der Waals surface area contributed by atoms with Crippen LogP contribution in [-0.2, 0) is 0 Å². The first-order chi connectivity index (χ1) is 11.7. The number of ether oxygens (including phenoxy) is 1. The van der Waals surface area contributed by atoms with Crippen molar-refractivity contribution in [3.63, 3.8) is 0 Å². The van der Waals surface area contributed by atoms with Crippen LogP contribution in [0.1, 0.15) is 30.9 Å². The zero-order valence-electron chi connectivity index (χ0n) is 13.7. The molecule has 6 heteroatoms. The highest BCUT2D eigenvalue weighted by Gasteiger charge is 2.43. The van der Waals surface area contributed by atoms with Gasteiger partial charge in [0.2, 0.25) is 5.95 Å². The van der Waals surface area contributed by atoms with Gasteiger partial charge < -0.3 is 10.1 Å². The molecule has 0 amide bonds. The van der Waals surface area contributed by atoms with E-state index in [9.17, 15) is 0 Å². The van der Waals surface area contributed by atoms with Crippen LogP contribution in [0, 0.1) is 0 Å². The average Bonchev–Trinajstić information content (AvgIpc) is 3.38. The van der Waals surface area contributed by atoms with E-state index < -0.39 is 0 Å². The van der Waals surface area contributed by atoms with E-state index in [-0.39, 0.29) is 0 Å². The molecule has 1 aliphatic carbocycles. The van der Waals surface area contributed by atoms with Crippen molar-refractivity contribution >= 4 is 21.9 Å². The number of hydrogen-bond acceptors (Lipinski definition) is 5. The number of halogens is 1. The summed E-state index contributed by atoms with van der Waals surface area (Å²) in [6, 6.07) is 9.79. The van der Waals surface area contributed by atoms with Crippen LogP contribution in [0.2, 0.25) is 0 Å². The Kier molecular flexibility index (Phi) is 4.41. The van der Waals surface area contributed by atoms with Gasteiger partial charge in [-0.1, -0.05) is 12.1 Å². The van der Waals surface area contributed by atoms with Gasteiger partial charge in [-0.2, -0.15) is 0 Å². The third-order valence-corrected chi connectivity index (χ3v) is 5.23. The number of anilines is 1. The molecule has 2 aliphatic rings. The van der Waals surface area contributed by atoms with Crippen LogP contribution >= 0.6 is 15.9 Å². The summed E-state index contributed by atoms with van der Waals surface area (Å²) in [7, 11) is 1.72. The molecule has 5 nitrogen and oxygen atoms in total. The summed E-state index contributed by atoms with van der Waals surface area (Å²) in [5.74, 6) is 1.60. The first kappa shape index (κ1) is 15.8. The summed E-state index contributed by atoms with van der Waals surface area (Å²) < 4.78 is 6.32. The molecule has 2 heterocycles. The maximum Gasteiger partial charge on any atom is 0.222 e. The van der Waals surface area contributed by atoms with Gasteiger partial charge >= 0.3 is 0 Å². The van der Waals surface area contributed by atoms with Gasteiger partial charge in [-0.05, 0) is 52.9 Å².